The molecular weight excluding hydrogens is 198 g/mol. The van der Waals surface area contributed by atoms with Gasteiger partial charge >= 0.3 is 5.97 Å². The monoisotopic (exact) mass is 211 g/mol. The zero-order valence-corrected chi connectivity index (χ0v) is 8.67. The lowest BCUT2D eigenvalue weighted by molar-refractivity contribution is -0.138. The predicted molar refractivity (Wildman–Crippen MR) is 55.5 cm³/mol. The molecule has 1 aliphatic rings. The molecule has 0 spiro atoms. The first kappa shape index (κ1) is 9.68. The van der Waals surface area contributed by atoms with E-state index in [1.807, 2.05) is 16.3 Å². The van der Waals surface area contributed by atoms with Crippen LogP contribution in [0.15, 0.2) is 17.5 Å². The molecule has 0 unspecified atom stereocenters. The van der Waals surface area contributed by atoms with Crippen LogP contribution in [0.25, 0.3) is 0 Å². The Kier molecular flexibility index (Phi) is 2.84. The molecule has 0 radical (unpaired) electrons. The number of carboxylic acid groups (broad SMARTS) is 1. The quantitative estimate of drug-likeness (QED) is 0.831. The van der Waals surface area contributed by atoms with Crippen molar-refractivity contribution in [2.75, 3.05) is 13.1 Å². The van der Waals surface area contributed by atoms with Crippen molar-refractivity contribution in [3.63, 3.8) is 0 Å². The molecule has 0 aliphatic carbocycles. The molecule has 1 saturated heterocycles. The first-order valence-corrected chi connectivity index (χ1v) is 5.64. The molecule has 4 heteroatoms. The molecule has 1 aromatic heterocycles. The summed E-state index contributed by atoms with van der Waals surface area (Å²) in [5.41, 5.74) is 0. The summed E-state index contributed by atoms with van der Waals surface area (Å²) in [5, 5.41) is 10.8. The van der Waals surface area contributed by atoms with E-state index in [0.717, 1.165) is 19.4 Å². The molecule has 76 valence electrons. The Morgan fingerprint density at radius 2 is 2.57 bits per heavy atom. The number of carboxylic acids is 1. The Hall–Kier alpha value is -0.870. The predicted octanol–water partition coefficient (Wildman–Crippen LogP) is 1.97. The summed E-state index contributed by atoms with van der Waals surface area (Å²) >= 11 is 1.72. The van der Waals surface area contributed by atoms with Crippen molar-refractivity contribution in [1.82, 2.24) is 4.90 Å². The average molecular weight is 211 g/mol. The van der Waals surface area contributed by atoms with Crippen LogP contribution in [-0.2, 0) is 4.79 Å². The van der Waals surface area contributed by atoms with Crippen LogP contribution < -0.4 is 0 Å². The third kappa shape index (κ3) is 1.96. The van der Waals surface area contributed by atoms with Crippen LogP contribution >= 0.6 is 11.3 Å². The Morgan fingerprint density at radius 3 is 3.21 bits per heavy atom. The molecule has 1 fully saturated rings. The topological polar surface area (TPSA) is 40.5 Å². The van der Waals surface area contributed by atoms with Crippen molar-refractivity contribution in [2.24, 2.45) is 0 Å². The first-order chi connectivity index (χ1) is 6.77. The normalized spacial score (nSPS) is 22.7. The third-order valence-corrected chi connectivity index (χ3v) is 3.55. The Balaban J connectivity index is 2.07. The van der Waals surface area contributed by atoms with Crippen molar-refractivity contribution in [3.05, 3.63) is 22.4 Å². The Morgan fingerprint density at radius 1 is 1.71 bits per heavy atom. The van der Waals surface area contributed by atoms with E-state index in [4.69, 9.17) is 5.11 Å². The Labute approximate surface area is 87.0 Å². The van der Waals surface area contributed by atoms with Crippen LogP contribution in [0.5, 0.6) is 0 Å². The lowest BCUT2D eigenvalue weighted by Gasteiger charge is -2.21. The fraction of sp³-hybridized carbons (Fsp3) is 0.500. The number of nitrogens with zero attached hydrogens (tertiary/aromatic N) is 1. The second kappa shape index (κ2) is 4.11. The third-order valence-electron chi connectivity index (χ3n) is 2.57. The summed E-state index contributed by atoms with van der Waals surface area (Å²) in [6.45, 7) is 1.08. The summed E-state index contributed by atoms with van der Waals surface area (Å²) in [4.78, 5) is 14.0. The van der Waals surface area contributed by atoms with Gasteiger partial charge in [-0.2, -0.15) is 0 Å². The molecule has 0 saturated carbocycles. The SMILES string of the molecule is O=C(O)CN1CCC[C@H]1c1cccs1. The summed E-state index contributed by atoms with van der Waals surface area (Å²) in [7, 11) is 0. The van der Waals surface area contributed by atoms with E-state index in [1.54, 1.807) is 11.3 Å². The molecule has 0 bridgehead atoms. The highest BCUT2D eigenvalue weighted by molar-refractivity contribution is 7.10. The van der Waals surface area contributed by atoms with Gasteiger partial charge in [0.2, 0.25) is 0 Å². The van der Waals surface area contributed by atoms with Gasteiger partial charge in [-0.15, -0.1) is 11.3 Å². The second-order valence-electron chi connectivity index (χ2n) is 3.54. The molecule has 0 aromatic carbocycles. The number of rotatable bonds is 3. The molecule has 2 heterocycles. The maximum atomic E-state index is 10.6. The number of carbonyl (C=O) groups is 1. The molecule has 2 rings (SSSR count). The Bertz CT molecular complexity index is 310. The minimum absolute atomic E-state index is 0.169. The summed E-state index contributed by atoms with van der Waals surface area (Å²) in [5.74, 6) is -0.728. The second-order valence-corrected chi connectivity index (χ2v) is 4.52. The molecule has 0 amide bonds. The minimum Gasteiger partial charge on any atom is -0.480 e. The summed E-state index contributed by atoms with van der Waals surface area (Å²) < 4.78 is 0. The number of hydrogen-bond acceptors (Lipinski definition) is 3. The van der Waals surface area contributed by atoms with E-state index >= 15 is 0 Å². The first-order valence-electron chi connectivity index (χ1n) is 4.76. The van der Waals surface area contributed by atoms with Crippen LogP contribution in [0.1, 0.15) is 23.8 Å². The minimum atomic E-state index is -0.728. The molecule has 1 atom stereocenters. The molecule has 3 nitrogen and oxygen atoms in total. The van der Waals surface area contributed by atoms with Crippen molar-refractivity contribution in [2.45, 2.75) is 18.9 Å². The fourth-order valence-electron chi connectivity index (χ4n) is 1.99. The number of aliphatic carboxylic acids is 1. The van der Waals surface area contributed by atoms with E-state index in [0.29, 0.717) is 6.04 Å². The maximum absolute atomic E-state index is 10.6. The van der Waals surface area contributed by atoms with E-state index in [1.165, 1.54) is 4.88 Å². The number of hydrogen-bond donors (Lipinski definition) is 1. The smallest absolute Gasteiger partial charge is 0.317 e. The largest absolute Gasteiger partial charge is 0.480 e. The molecule has 14 heavy (non-hydrogen) atoms. The fourth-order valence-corrected chi connectivity index (χ4v) is 2.89. The summed E-state index contributed by atoms with van der Waals surface area (Å²) in [6.07, 6.45) is 2.20. The summed E-state index contributed by atoms with van der Waals surface area (Å²) in [6, 6.07) is 4.46. The lowest BCUT2D eigenvalue weighted by Crippen LogP contribution is -2.28. The number of thiophene rings is 1. The highest BCUT2D eigenvalue weighted by Gasteiger charge is 2.27. The van der Waals surface area contributed by atoms with Crippen LogP contribution in [0, 0.1) is 0 Å². The van der Waals surface area contributed by atoms with E-state index in [9.17, 15) is 4.79 Å². The van der Waals surface area contributed by atoms with Crippen LogP contribution in [-0.4, -0.2) is 29.1 Å². The standard InChI is InChI=1S/C10H13NO2S/c12-10(13)7-11-5-1-3-8(11)9-4-2-6-14-9/h2,4,6,8H,1,3,5,7H2,(H,12,13)/t8-/m0/s1. The van der Waals surface area contributed by atoms with Crippen molar-refractivity contribution in [3.8, 4) is 0 Å². The maximum Gasteiger partial charge on any atom is 0.317 e. The van der Waals surface area contributed by atoms with E-state index in [-0.39, 0.29) is 6.54 Å². The zero-order chi connectivity index (χ0) is 9.97. The van der Waals surface area contributed by atoms with Gasteiger partial charge in [-0.25, -0.2) is 0 Å². The lowest BCUT2D eigenvalue weighted by atomic mass is 10.2. The molecule has 1 aliphatic heterocycles. The van der Waals surface area contributed by atoms with Gasteiger partial charge in [0.05, 0.1) is 6.54 Å². The zero-order valence-electron chi connectivity index (χ0n) is 7.85. The van der Waals surface area contributed by atoms with Gasteiger partial charge in [0, 0.05) is 10.9 Å². The average Bonchev–Trinajstić information content (AvgIpc) is 2.70. The van der Waals surface area contributed by atoms with E-state index < -0.39 is 5.97 Å². The van der Waals surface area contributed by atoms with Gasteiger partial charge in [-0.3, -0.25) is 9.69 Å². The van der Waals surface area contributed by atoms with Gasteiger partial charge < -0.3 is 5.11 Å². The van der Waals surface area contributed by atoms with Gasteiger partial charge in [0.1, 0.15) is 0 Å². The van der Waals surface area contributed by atoms with Crippen molar-refractivity contribution < 1.29 is 9.90 Å². The van der Waals surface area contributed by atoms with E-state index in [2.05, 4.69) is 6.07 Å². The van der Waals surface area contributed by atoms with Gasteiger partial charge in [0.25, 0.3) is 0 Å². The highest BCUT2D eigenvalue weighted by Crippen LogP contribution is 2.33. The highest BCUT2D eigenvalue weighted by atomic mass is 32.1. The van der Waals surface area contributed by atoms with Gasteiger partial charge in [0.15, 0.2) is 0 Å². The van der Waals surface area contributed by atoms with Gasteiger partial charge in [-0.1, -0.05) is 6.07 Å². The molecule has 1 aromatic rings. The van der Waals surface area contributed by atoms with Crippen molar-refractivity contribution >= 4 is 17.3 Å². The molecular formula is C10H13NO2S. The van der Waals surface area contributed by atoms with Crippen LogP contribution in [0.2, 0.25) is 0 Å². The van der Waals surface area contributed by atoms with Crippen LogP contribution in [0.3, 0.4) is 0 Å². The molecule has 1 N–H and O–H groups in total. The van der Waals surface area contributed by atoms with Crippen LogP contribution in [0.4, 0.5) is 0 Å². The van der Waals surface area contributed by atoms with Crippen molar-refractivity contribution in [1.29, 1.82) is 0 Å². The number of likely N-dealkylation sites (tertiary alicyclic amines) is 1. The van der Waals surface area contributed by atoms with Gasteiger partial charge in [-0.05, 0) is 30.8 Å².